The van der Waals surface area contributed by atoms with Crippen molar-refractivity contribution in [2.75, 3.05) is 16.3 Å². The maximum Gasteiger partial charge on any atom is 0.282 e. The molecule has 0 saturated carbocycles. The van der Waals surface area contributed by atoms with Crippen molar-refractivity contribution in [1.29, 1.82) is 0 Å². The number of aryl methyl sites for hydroxylation is 1. The van der Waals surface area contributed by atoms with Gasteiger partial charge in [0.05, 0.1) is 29.1 Å². The molecule has 13 heteroatoms. The number of benzene rings is 2. The molecule has 0 aliphatic heterocycles. The van der Waals surface area contributed by atoms with Gasteiger partial charge in [-0.25, -0.2) is 22.9 Å². The van der Waals surface area contributed by atoms with E-state index in [0.29, 0.717) is 45.0 Å². The van der Waals surface area contributed by atoms with Gasteiger partial charge in [-0.15, -0.1) is 0 Å². The maximum absolute atomic E-state index is 13.7. The van der Waals surface area contributed by atoms with Gasteiger partial charge in [0.2, 0.25) is 10.0 Å². The second-order valence-corrected chi connectivity index (χ2v) is 11.5. The second kappa shape index (κ2) is 9.78. The number of aromatic hydroxyl groups is 1. The first-order chi connectivity index (χ1) is 19.6. The van der Waals surface area contributed by atoms with Crippen molar-refractivity contribution in [1.82, 2.24) is 29.1 Å². The van der Waals surface area contributed by atoms with Gasteiger partial charge in [0.25, 0.3) is 5.56 Å². The highest BCUT2D eigenvalue weighted by Gasteiger charge is 2.22. The first-order valence-electron chi connectivity index (χ1n) is 12.7. The van der Waals surface area contributed by atoms with Gasteiger partial charge >= 0.3 is 0 Å². The Morgan fingerprint density at radius 3 is 2.61 bits per heavy atom. The molecular weight excluding hydrogens is 544 g/mol. The first kappa shape index (κ1) is 26.1. The molecular formula is C28H26N8O4S. The van der Waals surface area contributed by atoms with Crippen LogP contribution in [0.2, 0.25) is 0 Å². The lowest BCUT2D eigenvalue weighted by Gasteiger charge is -2.20. The quantitative estimate of drug-likeness (QED) is 0.224. The summed E-state index contributed by atoms with van der Waals surface area (Å²) in [6, 6.07) is 15.1. The van der Waals surface area contributed by atoms with Gasteiger partial charge in [-0.05, 0) is 55.3 Å². The SMILES string of the molecule is Cc1ccn2nc([C@H](C)Nc3ncnc4[nH]cc(-c5cc(O)cc(NS(C)(=O)=O)c5)c34)n(-c3ccccc3)c(=O)c12. The van der Waals surface area contributed by atoms with Gasteiger partial charge in [-0.2, -0.15) is 5.10 Å². The van der Waals surface area contributed by atoms with Crippen molar-refractivity contribution in [3.63, 3.8) is 0 Å². The Bertz CT molecular complexity index is 2100. The van der Waals surface area contributed by atoms with E-state index in [0.717, 1.165) is 11.8 Å². The summed E-state index contributed by atoms with van der Waals surface area (Å²) in [6.07, 6.45) is 5.91. The lowest BCUT2D eigenvalue weighted by molar-refractivity contribution is 0.476. The number of phenols is 1. The standard InChI is InChI=1S/C28H26N8O4S/c1-16-9-10-35-24(16)28(38)36(20-7-5-4-6-8-20)27(33-35)17(2)32-26-23-22(14-29-25(23)30-15-31-26)18-11-19(13-21(37)12-18)34-41(3,39)40/h4-15,17,34,37H,1-3H3,(H2,29,30,31,32)/t17-/m0/s1. The molecule has 6 aromatic rings. The van der Waals surface area contributed by atoms with E-state index in [1.165, 1.54) is 18.5 Å². The topological polar surface area (TPSA) is 159 Å². The number of phenolic OH excluding ortho intramolecular Hbond substituents is 1. The van der Waals surface area contributed by atoms with Crippen LogP contribution < -0.4 is 15.6 Å². The molecule has 0 bridgehead atoms. The van der Waals surface area contributed by atoms with Crippen molar-refractivity contribution in [3.05, 3.63) is 95.1 Å². The summed E-state index contributed by atoms with van der Waals surface area (Å²) >= 11 is 0. The highest BCUT2D eigenvalue weighted by molar-refractivity contribution is 7.92. The van der Waals surface area contributed by atoms with Crippen LogP contribution in [0, 0.1) is 6.92 Å². The van der Waals surface area contributed by atoms with Crippen molar-refractivity contribution >= 4 is 38.1 Å². The van der Waals surface area contributed by atoms with Crippen LogP contribution in [0.3, 0.4) is 0 Å². The molecule has 0 fully saturated rings. The molecule has 4 heterocycles. The zero-order chi connectivity index (χ0) is 28.9. The van der Waals surface area contributed by atoms with Crippen molar-refractivity contribution in [2.24, 2.45) is 0 Å². The molecule has 0 radical (unpaired) electrons. The van der Waals surface area contributed by atoms with E-state index in [9.17, 15) is 18.3 Å². The summed E-state index contributed by atoms with van der Waals surface area (Å²) < 4.78 is 29.2. The number of H-pyrrole nitrogens is 1. The van der Waals surface area contributed by atoms with Crippen LogP contribution in [-0.2, 0) is 10.0 Å². The van der Waals surface area contributed by atoms with Gasteiger partial charge in [-0.3, -0.25) is 14.1 Å². The highest BCUT2D eigenvalue weighted by atomic mass is 32.2. The number of nitrogens with zero attached hydrogens (tertiary/aromatic N) is 5. The van der Waals surface area contributed by atoms with Gasteiger partial charge in [0, 0.05) is 24.0 Å². The number of aromatic nitrogens is 6. The molecule has 1 atom stereocenters. The molecule has 0 unspecified atom stereocenters. The number of rotatable bonds is 7. The van der Waals surface area contributed by atoms with E-state index >= 15 is 0 Å². The minimum atomic E-state index is -3.56. The van der Waals surface area contributed by atoms with Crippen LogP contribution in [0.1, 0.15) is 24.4 Å². The third-order valence-corrected chi connectivity index (χ3v) is 7.28. The molecule has 41 heavy (non-hydrogen) atoms. The Morgan fingerprint density at radius 2 is 1.85 bits per heavy atom. The fraction of sp³-hybridized carbons (Fsp3) is 0.143. The monoisotopic (exact) mass is 570 g/mol. The molecule has 4 aromatic heterocycles. The van der Waals surface area contributed by atoms with E-state index in [4.69, 9.17) is 5.10 Å². The predicted molar refractivity (Wildman–Crippen MR) is 157 cm³/mol. The summed E-state index contributed by atoms with van der Waals surface area (Å²) in [5.41, 5.74) is 3.70. The molecule has 0 amide bonds. The number of hydrogen-bond acceptors (Lipinski definition) is 8. The number of anilines is 2. The number of aromatic amines is 1. The minimum absolute atomic E-state index is 0.117. The van der Waals surface area contributed by atoms with E-state index in [2.05, 4.69) is 25.0 Å². The number of sulfonamides is 1. The van der Waals surface area contributed by atoms with Crippen LogP contribution in [0.25, 0.3) is 33.4 Å². The zero-order valence-corrected chi connectivity index (χ0v) is 23.1. The number of fused-ring (bicyclic) bond motifs is 2. The largest absolute Gasteiger partial charge is 0.508 e. The van der Waals surface area contributed by atoms with Gasteiger partial charge in [0.15, 0.2) is 5.82 Å². The summed E-state index contributed by atoms with van der Waals surface area (Å²) in [6.45, 7) is 3.75. The first-order valence-corrected chi connectivity index (χ1v) is 14.6. The zero-order valence-electron chi connectivity index (χ0n) is 22.3. The van der Waals surface area contributed by atoms with Crippen molar-refractivity contribution < 1.29 is 13.5 Å². The van der Waals surface area contributed by atoms with Crippen LogP contribution in [0.4, 0.5) is 11.5 Å². The Kier molecular flexibility index (Phi) is 6.22. The number of nitrogens with one attached hydrogen (secondary N) is 3. The van der Waals surface area contributed by atoms with Crippen LogP contribution >= 0.6 is 0 Å². The summed E-state index contributed by atoms with van der Waals surface area (Å²) in [7, 11) is -3.56. The second-order valence-electron chi connectivity index (χ2n) is 9.78. The maximum atomic E-state index is 13.7. The summed E-state index contributed by atoms with van der Waals surface area (Å²) in [4.78, 5) is 25.7. The molecule has 0 spiro atoms. The molecule has 0 saturated heterocycles. The van der Waals surface area contributed by atoms with Crippen molar-refractivity contribution in [2.45, 2.75) is 19.9 Å². The lowest BCUT2D eigenvalue weighted by Crippen LogP contribution is -2.29. The Morgan fingerprint density at radius 1 is 1.07 bits per heavy atom. The van der Waals surface area contributed by atoms with Gasteiger partial charge in [0.1, 0.15) is 29.1 Å². The van der Waals surface area contributed by atoms with E-state index in [1.807, 2.05) is 50.2 Å². The Hall–Kier alpha value is -5.17. The van der Waals surface area contributed by atoms with E-state index < -0.39 is 16.1 Å². The van der Waals surface area contributed by atoms with Gasteiger partial charge < -0.3 is 15.4 Å². The average molecular weight is 571 g/mol. The molecule has 0 aliphatic carbocycles. The molecule has 12 nitrogen and oxygen atoms in total. The molecule has 4 N–H and O–H groups in total. The molecule has 6 rings (SSSR count). The predicted octanol–water partition coefficient (Wildman–Crippen LogP) is 3.98. The molecule has 2 aromatic carbocycles. The summed E-state index contributed by atoms with van der Waals surface area (Å²) in [5, 5.41) is 19.2. The smallest absolute Gasteiger partial charge is 0.282 e. The molecule has 208 valence electrons. The number of para-hydroxylation sites is 1. The van der Waals surface area contributed by atoms with Crippen molar-refractivity contribution in [3.8, 4) is 22.6 Å². The summed E-state index contributed by atoms with van der Waals surface area (Å²) in [5.74, 6) is 0.802. The fourth-order valence-corrected chi connectivity index (χ4v) is 5.49. The van der Waals surface area contributed by atoms with Crippen LogP contribution in [-0.4, -0.2) is 48.9 Å². The third-order valence-electron chi connectivity index (χ3n) is 6.67. The third kappa shape index (κ3) is 4.87. The molecule has 0 aliphatic rings. The van der Waals surface area contributed by atoms with Crippen LogP contribution in [0.15, 0.2) is 78.1 Å². The number of hydrogen-bond donors (Lipinski definition) is 4. The Labute approximate surface area is 234 Å². The normalized spacial score (nSPS) is 12.6. The van der Waals surface area contributed by atoms with E-state index in [-0.39, 0.29) is 17.0 Å². The Balaban J connectivity index is 1.47. The average Bonchev–Trinajstić information content (AvgIpc) is 3.52. The van der Waals surface area contributed by atoms with E-state index in [1.54, 1.807) is 27.5 Å². The highest BCUT2D eigenvalue weighted by Crippen LogP contribution is 2.36. The minimum Gasteiger partial charge on any atom is -0.508 e. The van der Waals surface area contributed by atoms with Gasteiger partial charge in [-0.1, -0.05) is 18.2 Å². The fourth-order valence-electron chi connectivity index (χ4n) is 4.95. The lowest BCUT2D eigenvalue weighted by atomic mass is 10.0. The van der Waals surface area contributed by atoms with Crippen LogP contribution in [0.5, 0.6) is 5.75 Å².